The first-order chi connectivity index (χ1) is 6.25. The zero-order valence-corrected chi connectivity index (χ0v) is 8.10. The molecule has 2 rings (SSSR count). The lowest BCUT2D eigenvalue weighted by Crippen LogP contribution is -2.15. The van der Waals surface area contributed by atoms with Gasteiger partial charge in [-0.25, -0.2) is 0 Å². The van der Waals surface area contributed by atoms with Gasteiger partial charge in [-0.05, 0) is 19.1 Å². The van der Waals surface area contributed by atoms with Gasteiger partial charge in [-0.15, -0.1) is 0 Å². The highest BCUT2D eigenvalue weighted by molar-refractivity contribution is 7.99. The van der Waals surface area contributed by atoms with Crippen molar-refractivity contribution in [1.29, 1.82) is 0 Å². The molecule has 68 valence electrons. The Hall–Kier alpha value is -1.16. The van der Waals surface area contributed by atoms with Crippen LogP contribution in [-0.2, 0) is 4.79 Å². The molecule has 0 spiro atoms. The lowest BCUT2D eigenvalue weighted by Gasteiger charge is -2.12. The highest BCUT2D eigenvalue weighted by Gasteiger charge is 2.19. The normalized spacial score (nSPS) is 16.1. The molecular formula is C9H10N2OS. The highest BCUT2D eigenvalue weighted by Crippen LogP contribution is 2.23. The van der Waals surface area contributed by atoms with Crippen LogP contribution in [0.4, 0.5) is 5.69 Å². The molecule has 1 aromatic carbocycles. The van der Waals surface area contributed by atoms with Crippen LogP contribution in [0.15, 0.2) is 24.3 Å². The molecule has 1 heterocycles. The van der Waals surface area contributed by atoms with Gasteiger partial charge >= 0.3 is 0 Å². The first-order valence-corrected chi connectivity index (χ1v) is 4.83. The summed E-state index contributed by atoms with van der Waals surface area (Å²) in [5.74, 6) is 0.0607. The van der Waals surface area contributed by atoms with E-state index in [1.54, 1.807) is 0 Å². The van der Waals surface area contributed by atoms with E-state index < -0.39 is 0 Å². The van der Waals surface area contributed by atoms with Crippen molar-refractivity contribution in [3.8, 4) is 0 Å². The molecule has 1 fully saturated rings. The molecule has 13 heavy (non-hydrogen) atoms. The lowest BCUT2D eigenvalue weighted by molar-refractivity contribution is -0.117. The Morgan fingerprint density at radius 1 is 1.38 bits per heavy atom. The van der Waals surface area contributed by atoms with Crippen LogP contribution in [0.3, 0.4) is 0 Å². The van der Waals surface area contributed by atoms with Gasteiger partial charge in [-0.2, -0.15) is 0 Å². The number of amides is 1. The summed E-state index contributed by atoms with van der Waals surface area (Å²) in [4.78, 5) is 10.9. The second kappa shape index (κ2) is 3.30. The average molecular weight is 194 g/mol. The molecule has 0 aliphatic carbocycles. The maximum atomic E-state index is 10.9. The number of aryl methyl sites for hydroxylation is 1. The van der Waals surface area contributed by atoms with Gasteiger partial charge in [0, 0.05) is 5.69 Å². The van der Waals surface area contributed by atoms with E-state index in [9.17, 15) is 4.79 Å². The molecule has 0 atom stereocenters. The number of rotatable bonds is 1. The van der Waals surface area contributed by atoms with Crippen LogP contribution >= 0.6 is 12.1 Å². The van der Waals surface area contributed by atoms with Gasteiger partial charge in [0.1, 0.15) is 6.54 Å². The van der Waals surface area contributed by atoms with Crippen LogP contribution in [0.2, 0.25) is 0 Å². The minimum Gasteiger partial charge on any atom is -0.289 e. The summed E-state index contributed by atoms with van der Waals surface area (Å²) >= 11 is 1.34. The van der Waals surface area contributed by atoms with Gasteiger partial charge in [0.25, 0.3) is 5.91 Å². The molecule has 1 N–H and O–H groups in total. The smallest absolute Gasteiger partial charge is 0.251 e. The third kappa shape index (κ3) is 1.78. The maximum absolute atomic E-state index is 10.9. The molecule has 3 nitrogen and oxygen atoms in total. The number of nitrogens with zero attached hydrogens (tertiary/aromatic N) is 1. The van der Waals surface area contributed by atoms with Crippen molar-refractivity contribution in [3.63, 3.8) is 0 Å². The van der Waals surface area contributed by atoms with Crippen molar-refractivity contribution < 1.29 is 4.79 Å². The van der Waals surface area contributed by atoms with Crippen LogP contribution in [0.25, 0.3) is 0 Å². The summed E-state index contributed by atoms with van der Waals surface area (Å²) in [5.41, 5.74) is 2.29. The largest absolute Gasteiger partial charge is 0.289 e. The van der Waals surface area contributed by atoms with E-state index in [4.69, 9.17) is 0 Å². The Bertz CT molecular complexity index is 323. The van der Waals surface area contributed by atoms with Gasteiger partial charge in [0.2, 0.25) is 0 Å². The fourth-order valence-corrected chi connectivity index (χ4v) is 1.84. The number of hydrogen-bond acceptors (Lipinski definition) is 3. The summed E-state index contributed by atoms with van der Waals surface area (Å²) in [6.07, 6.45) is 0. The molecular weight excluding hydrogens is 184 g/mol. The van der Waals surface area contributed by atoms with Gasteiger partial charge in [-0.1, -0.05) is 17.7 Å². The van der Waals surface area contributed by atoms with E-state index in [0.717, 1.165) is 5.69 Å². The molecule has 1 aliphatic rings. The lowest BCUT2D eigenvalue weighted by atomic mass is 10.2. The summed E-state index contributed by atoms with van der Waals surface area (Å²) in [5, 5.41) is 0. The third-order valence-electron chi connectivity index (χ3n) is 1.88. The SMILES string of the molecule is Cc1ccc(N2CC(=O)NS2)cc1. The molecule has 0 bridgehead atoms. The number of carbonyl (C=O) groups is 1. The van der Waals surface area contributed by atoms with Crippen LogP contribution in [0, 0.1) is 6.92 Å². The van der Waals surface area contributed by atoms with E-state index >= 15 is 0 Å². The summed E-state index contributed by atoms with van der Waals surface area (Å²) in [6, 6.07) is 8.11. The molecule has 0 aromatic heterocycles. The van der Waals surface area contributed by atoms with Crippen molar-refractivity contribution >= 4 is 23.7 Å². The van der Waals surface area contributed by atoms with E-state index in [2.05, 4.69) is 4.72 Å². The van der Waals surface area contributed by atoms with Crippen LogP contribution in [0.1, 0.15) is 5.56 Å². The summed E-state index contributed by atoms with van der Waals surface area (Å²) in [7, 11) is 0. The minimum absolute atomic E-state index is 0.0607. The Morgan fingerprint density at radius 2 is 2.08 bits per heavy atom. The highest BCUT2D eigenvalue weighted by atomic mass is 32.2. The molecule has 0 unspecified atom stereocenters. The molecule has 1 saturated heterocycles. The van der Waals surface area contributed by atoms with Crippen molar-refractivity contribution in [2.24, 2.45) is 0 Å². The van der Waals surface area contributed by atoms with E-state index in [0.29, 0.717) is 6.54 Å². The first-order valence-electron chi connectivity index (χ1n) is 4.06. The number of anilines is 1. The Balaban J connectivity index is 2.17. The second-order valence-corrected chi connectivity index (χ2v) is 3.82. The predicted octanol–water partition coefficient (Wildman–Crippen LogP) is 1.49. The predicted molar refractivity (Wildman–Crippen MR) is 54.3 cm³/mol. The molecule has 1 amide bonds. The number of hydrogen-bond donors (Lipinski definition) is 1. The number of nitrogens with one attached hydrogen (secondary N) is 1. The Morgan fingerprint density at radius 3 is 2.62 bits per heavy atom. The van der Waals surface area contributed by atoms with Crippen molar-refractivity contribution in [1.82, 2.24) is 4.72 Å². The molecule has 0 radical (unpaired) electrons. The monoisotopic (exact) mass is 194 g/mol. The standard InChI is InChI=1S/C9H10N2OS/c1-7-2-4-8(5-3-7)11-6-9(12)10-13-11/h2-5H,6H2,1H3,(H,10,12). The van der Waals surface area contributed by atoms with Crippen LogP contribution < -0.4 is 9.03 Å². The summed E-state index contributed by atoms with van der Waals surface area (Å²) in [6.45, 7) is 2.48. The second-order valence-electron chi connectivity index (χ2n) is 2.99. The third-order valence-corrected chi connectivity index (χ3v) is 2.76. The van der Waals surface area contributed by atoms with Crippen LogP contribution in [-0.4, -0.2) is 12.5 Å². The van der Waals surface area contributed by atoms with Gasteiger partial charge in [0.05, 0.1) is 12.1 Å². The van der Waals surface area contributed by atoms with Gasteiger partial charge < -0.3 is 0 Å². The molecule has 0 saturated carbocycles. The fourth-order valence-electron chi connectivity index (χ4n) is 1.16. The maximum Gasteiger partial charge on any atom is 0.251 e. The zero-order chi connectivity index (χ0) is 9.26. The molecule has 4 heteroatoms. The topological polar surface area (TPSA) is 32.3 Å². The summed E-state index contributed by atoms with van der Waals surface area (Å²) < 4.78 is 4.62. The Labute approximate surface area is 81.4 Å². The van der Waals surface area contributed by atoms with Crippen LogP contribution in [0.5, 0.6) is 0 Å². The molecule has 1 aromatic rings. The Kier molecular flexibility index (Phi) is 2.14. The van der Waals surface area contributed by atoms with E-state index in [-0.39, 0.29) is 5.91 Å². The number of benzene rings is 1. The molecule has 1 aliphatic heterocycles. The van der Waals surface area contributed by atoms with Gasteiger partial charge in [-0.3, -0.25) is 13.8 Å². The van der Waals surface area contributed by atoms with E-state index in [1.807, 2.05) is 35.5 Å². The number of carbonyl (C=O) groups excluding carboxylic acids is 1. The van der Waals surface area contributed by atoms with Crippen molar-refractivity contribution in [2.45, 2.75) is 6.92 Å². The first kappa shape index (κ1) is 8.44. The van der Waals surface area contributed by atoms with Crippen molar-refractivity contribution in [3.05, 3.63) is 29.8 Å². The fraction of sp³-hybridized carbons (Fsp3) is 0.222. The quantitative estimate of drug-likeness (QED) is 0.687. The van der Waals surface area contributed by atoms with Gasteiger partial charge in [0.15, 0.2) is 0 Å². The zero-order valence-electron chi connectivity index (χ0n) is 7.28. The van der Waals surface area contributed by atoms with E-state index in [1.165, 1.54) is 17.7 Å². The van der Waals surface area contributed by atoms with Crippen molar-refractivity contribution in [2.75, 3.05) is 10.8 Å². The average Bonchev–Trinajstić information content (AvgIpc) is 2.53. The minimum atomic E-state index is 0.0607.